The quantitative estimate of drug-likeness (QED) is 0.498. The first-order valence-electron chi connectivity index (χ1n) is 4.23. The molecule has 0 aliphatic carbocycles. The molecule has 60 valence electrons. The maximum absolute atomic E-state index is 2.47. The van der Waals surface area contributed by atoms with Gasteiger partial charge >= 0.3 is 0 Å². The summed E-state index contributed by atoms with van der Waals surface area (Å²) in [6.07, 6.45) is 2.89. The fraction of sp³-hybridized carbons (Fsp3) is 1.00. The molecule has 0 amide bonds. The van der Waals surface area contributed by atoms with Crippen molar-refractivity contribution in [3.8, 4) is 0 Å². The molecule has 0 radical (unpaired) electrons. The number of rotatable bonds is 0. The van der Waals surface area contributed by atoms with Crippen molar-refractivity contribution in [1.82, 2.24) is 4.90 Å². The molecule has 0 aromatic carbocycles. The Kier molecular flexibility index (Phi) is 3.05. The number of thioether (sulfide) groups is 1. The summed E-state index contributed by atoms with van der Waals surface area (Å²) >= 11 is 2.13. The van der Waals surface area contributed by atoms with E-state index in [4.69, 9.17) is 0 Å². The molecule has 3 unspecified atom stereocenters. The number of hydrogen-bond acceptors (Lipinski definition) is 2. The van der Waals surface area contributed by atoms with Gasteiger partial charge in [-0.15, -0.1) is 11.8 Å². The summed E-state index contributed by atoms with van der Waals surface area (Å²) in [6, 6.07) is 0.966. The lowest BCUT2D eigenvalue weighted by atomic mass is 10.2. The molecule has 2 heteroatoms. The molecule has 0 bridgehead atoms. The van der Waals surface area contributed by atoms with Crippen LogP contribution >= 0.6 is 11.8 Å². The van der Waals surface area contributed by atoms with Crippen LogP contribution in [-0.4, -0.2) is 29.1 Å². The summed E-state index contributed by atoms with van der Waals surface area (Å²) in [5, 5.41) is 0.920. The van der Waals surface area contributed by atoms with Crippen LogP contribution < -0.4 is 0 Å². The molecule has 0 aromatic rings. The standard InChI is InChI=1S/C6H11NS.C2H6/c1-7-5-3-2-4-8-6(5)7;1-2/h5-6H,2-4H2,1H3;1-2H3. The third kappa shape index (κ3) is 1.48. The van der Waals surface area contributed by atoms with Gasteiger partial charge in [0.25, 0.3) is 0 Å². The monoisotopic (exact) mass is 159 g/mol. The van der Waals surface area contributed by atoms with E-state index >= 15 is 0 Å². The number of likely N-dealkylation sites (N-methyl/N-ethyl adjacent to an activating group) is 1. The zero-order valence-electron chi connectivity index (χ0n) is 7.13. The number of hydrogen-bond donors (Lipinski definition) is 0. The summed E-state index contributed by atoms with van der Waals surface area (Å²) in [7, 11) is 2.23. The molecule has 10 heavy (non-hydrogen) atoms. The smallest absolute Gasteiger partial charge is 0.0715 e. The van der Waals surface area contributed by atoms with Gasteiger partial charge in [0.15, 0.2) is 0 Å². The van der Waals surface area contributed by atoms with Gasteiger partial charge in [0.05, 0.1) is 5.37 Å². The Hall–Kier alpha value is 0.310. The first-order chi connectivity index (χ1) is 4.89. The summed E-state index contributed by atoms with van der Waals surface area (Å²) in [6.45, 7) is 4.00. The minimum Gasteiger partial charge on any atom is -0.288 e. The molecule has 0 saturated carbocycles. The summed E-state index contributed by atoms with van der Waals surface area (Å²) in [5.41, 5.74) is 0. The van der Waals surface area contributed by atoms with E-state index in [0.29, 0.717) is 0 Å². The molecule has 2 saturated heterocycles. The van der Waals surface area contributed by atoms with Crippen molar-refractivity contribution in [3.63, 3.8) is 0 Å². The molecule has 0 aromatic heterocycles. The highest BCUT2D eigenvalue weighted by atomic mass is 32.2. The Bertz CT molecular complexity index is 93.4. The van der Waals surface area contributed by atoms with Gasteiger partial charge in [-0.2, -0.15) is 0 Å². The van der Waals surface area contributed by atoms with Crippen molar-refractivity contribution < 1.29 is 0 Å². The average molecular weight is 159 g/mol. The van der Waals surface area contributed by atoms with Gasteiger partial charge in [-0.05, 0) is 25.6 Å². The van der Waals surface area contributed by atoms with E-state index in [1.807, 2.05) is 13.8 Å². The van der Waals surface area contributed by atoms with E-state index in [1.54, 1.807) is 0 Å². The van der Waals surface area contributed by atoms with Crippen LogP contribution in [0.1, 0.15) is 26.7 Å². The molecule has 2 fully saturated rings. The highest BCUT2D eigenvalue weighted by Gasteiger charge is 2.45. The summed E-state index contributed by atoms with van der Waals surface area (Å²) < 4.78 is 0. The molecule has 2 aliphatic rings. The Morgan fingerprint density at radius 1 is 1.40 bits per heavy atom. The van der Waals surface area contributed by atoms with Gasteiger partial charge in [-0.1, -0.05) is 13.8 Å². The molecular formula is C8H17NS. The highest BCUT2D eigenvalue weighted by molar-refractivity contribution is 8.00. The second-order valence-electron chi connectivity index (χ2n) is 2.64. The average Bonchev–Trinajstić information content (AvgIpc) is 2.68. The van der Waals surface area contributed by atoms with E-state index in [9.17, 15) is 0 Å². The molecule has 3 atom stereocenters. The zero-order chi connectivity index (χ0) is 7.56. The minimum atomic E-state index is 0.920. The Morgan fingerprint density at radius 3 is 2.50 bits per heavy atom. The van der Waals surface area contributed by atoms with Crippen LogP contribution in [0.15, 0.2) is 0 Å². The normalized spacial score (nSPS) is 42.9. The third-order valence-electron chi connectivity index (χ3n) is 2.10. The number of nitrogens with zero attached hydrogens (tertiary/aromatic N) is 1. The Morgan fingerprint density at radius 2 is 2.10 bits per heavy atom. The zero-order valence-corrected chi connectivity index (χ0v) is 7.95. The van der Waals surface area contributed by atoms with Crippen molar-refractivity contribution in [3.05, 3.63) is 0 Å². The molecule has 1 nitrogen and oxygen atoms in total. The van der Waals surface area contributed by atoms with Gasteiger partial charge in [0.1, 0.15) is 0 Å². The van der Waals surface area contributed by atoms with E-state index < -0.39 is 0 Å². The van der Waals surface area contributed by atoms with Crippen LogP contribution in [0.25, 0.3) is 0 Å². The predicted octanol–water partition coefficient (Wildman–Crippen LogP) is 2.18. The van der Waals surface area contributed by atoms with Gasteiger partial charge in [-0.3, -0.25) is 4.90 Å². The van der Waals surface area contributed by atoms with Gasteiger partial charge < -0.3 is 0 Å². The fourth-order valence-electron chi connectivity index (χ4n) is 1.44. The largest absolute Gasteiger partial charge is 0.288 e. The van der Waals surface area contributed by atoms with Crippen molar-refractivity contribution >= 4 is 11.8 Å². The SMILES string of the molecule is CC.CN1C2CCCSC21. The first kappa shape index (κ1) is 8.41. The van der Waals surface area contributed by atoms with Gasteiger partial charge in [0, 0.05) is 6.04 Å². The van der Waals surface area contributed by atoms with Crippen LogP contribution in [-0.2, 0) is 0 Å². The van der Waals surface area contributed by atoms with Crippen LogP contribution in [0, 0.1) is 0 Å². The lowest BCUT2D eigenvalue weighted by Crippen LogP contribution is -1.98. The van der Waals surface area contributed by atoms with E-state index in [2.05, 4.69) is 23.7 Å². The lowest BCUT2D eigenvalue weighted by molar-refractivity contribution is 0.585. The summed E-state index contributed by atoms with van der Waals surface area (Å²) in [4.78, 5) is 2.47. The molecule has 2 rings (SSSR count). The minimum absolute atomic E-state index is 0.920. The van der Waals surface area contributed by atoms with Crippen LogP contribution in [0.4, 0.5) is 0 Å². The Balaban J connectivity index is 0.000000231. The second kappa shape index (κ2) is 3.63. The Labute approximate surface area is 68.2 Å². The first-order valence-corrected chi connectivity index (χ1v) is 5.28. The third-order valence-corrected chi connectivity index (χ3v) is 3.61. The predicted molar refractivity (Wildman–Crippen MR) is 48.4 cm³/mol. The van der Waals surface area contributed by atoms with E-state index in [-0.39, 0.29) is 0 Å². The molecule has 0 N–H and O–H groups in total. The topological polar surface area (TPSA) is 3.01 Å². The maximum Gasteiger partial charge on any atom is 0.0715 e. The number of fused-ring (bicyclic) bond motifs is 1. The maximum atomic E-state index is 2.47. The van der Waals surface area contributed by atoms with Crippen molar-refractivity contribution in [2.45, 2.75) is 38.1 Å². The fourth-order valence-corrected chi connectivity index (χ4v) is 2.89. The summed E-state index contributed by atoms with van der Waals surface area (Å²) in [5.74, 6) is 1.39. The second-order valence-corrected chi connectivity index (χ2v) is 3.86. The van der Waals surface area contributed by atoms with Crippen molar-refractivity contribution in [2.75, 3.05) is 12.8 Å². The molecule has 2 heterocycles. The van der Waals surface area contributed by atoms with Crippen molar-refractivity contribution in [2.24, 2.45) is 0 Å². The van der Waals surface area contributed by atoms with E-state index in [0.717, 1.165) is 11.4 Å². The van der Waals surface area contributed by atoms with Gasteiger partial charge in [-0.25, -0.2) is 0 Å². The molecule has 0 spiro atoms. The lowest BCUT2D eigenvalue weighted by Gasteiger charge is -2.02. The van der Waals surface area contributed by atoms with Crippen molar-refractivity contribution in [1.29, 1.82) is 0 Å². The van der Waals surface area contributed by atoms with Crippen LogP contribution in [0.5, 0.6) is 0 Å². The van der Waals surface area contributed by atoms with Gasteiger partial charge in [0.2, 0.25) is 0 Å². The van der Waals surface area contributed by atoms with E-state index in [1.165, 1.54) is 18.6 Å². The highest BCUT2D eigenvalue weighted by Crippen LogP contribution is 2.42. The molecule has 2 aliphatic heterocycles. The molecular weight excluding hydrogens is 142 g/mol. The van der Waals surface area contributed by atoms with Crippen LogP contribution in [0.2, 0.25) is 0 Å². The van der Waals surface area contributed by atoms with Crippen LogP contribution in [0.3, 0.4) is 0 Å².